The number of benzene rings is 2. The van der Waals surface area contributed by atoms with Gasteiger partial charge >= 0.3 is 0 Å². The van der Waals surface area contributed by atoms with Crippen LogP contribution in [-0.4, -0.2) is 24.1 Å². The smallest absolute Gasteiger partial charge is 0.224 e. The summed E-state index contributed by atoms with van der Waals surface area (Å²) in [5, 5.41) is 4.46. The molecule has 134 valence electrons. The van der Waals surface area contributed by atoms with Gasteiger partial charge < -0.3 is 19.8 Å². The SMILES string of the molecule is O=C(CCc1c[nH]c2ccccc12)Nc1cc2c(cc1Cl)OCCCO2. The van der Waals surface area contributed by atoms with Crippen molar-refractivity contribution in [2.75, 3.05) is 18.5 Å². The minimum atomic E-state index is -0.0910. The molecule has 1 aliphatic heterocycles. The van der Waals surface area contributed by atoms with Gasteiger partial charge in [0.1, 0.15) is 0 Å². The van der Waals surface area contributed by atoms with E-state index >= 15 is 0 Å². The quantitative estimate of drug-likeness (QED) is 0.708. The molecule has 2 aromatic carbocycles. The van der Waals surface area contributed by atoms with E-state index in [0.717, 1.165) is 22.9 Å². The van der Waals surface area contributed by atoms with Crippen LogP contribution in [0.25, 0.3) is 10.9 Å². The van der Waals surface area contributed by atoms with Crippen molar-refractivity contribution in [1.82, 2.24) is 4.98 Å². The second-order valence-corrected chi connectivity index (χ2v) is 6.64. The first-order valence-corrected chi connectivity index (χ1v) is 9.02. The third kappa shape index (κ3) is 3.48. The zero-order chi connectivity index (χ0) is 17.9. The van der Waals surface area contributed by atoms with Gasteiger partial charge in [-0.05, 0) is 18.1 Å². The van der Waals surface area contributed by atoms with Crippen molar-refractivity contribution >= 4 is 34.1 Å². The second-order valence-electron chi connectivity index (χ2n) is 6.24. The van der Waals surface area contributed by atoms with E-state index in [9.17, 15) is 4.79 Å². The van der Waals surface area contributed by atoms with E-state index in [1.807, 2.05) is 24.4 Å². The topological polar surface area (TPSA) is 63.4 Å². The molecule has 0 bridgehead atoms. The Labute approximate surface area is 156 Å². The van der Waals surface area contributed by atoms with E-state index in [1.54, 1.807) is 12.1 Å². The van der Waals surface area contributed by atoms with Crippen molar-refractivity contribution in [3.8, 4) is 11.5 Å². The Morgan fingerprint density at radius 3 is 2.77 bits per heavy atom. The molecule has 4 rings (SSSR count). The molecule has 0 saturated carbocycles. The maximum atomic E-state index is 12.4. The number of hydrogen-bond acceptors (Lipinski definition) is 3. The molecule has 0 aliphatic carbocycles. The highest BCUT2D eigenvalue weighted by molar-refractivity contribution is 6.34. The van der Waals surface area contributed by atoms with Crippen LogP contribution in [0.3, 0.4) is 0 Å². The molecule has 2 N–H and O–H groups in total. The zero-order valence-corrected chi connectivity index (χ0v) is 14.9. The number of para-hydroxylation sites is 1. The Morgan fingerprint density at radius 1 is 1.15 bits per heavy atom. The lowest BCUT2D eigenvalue weighted by Gasteiger charge is -2.12. The number of aryl methyl sites for hydroxylation is 1. The van der Waals surface area contributed by atoms with Crippen LogP contribution in [0.15, 0.2) is 42.6 Å². The Kier molecular flexibility index (Phi) is 4.71. The molecule has 0 spiro atoms. The minimum absolute atomic E-state index is 0.0910. The monoisotopic (exact) mass is 370 g/mol. The van der Waals surface area contributed by atoms with Gasteiger partial charge in [0.25, 0.3) is 0 Å². The maximum Gasteiger partial charge on any atom is 0.224 e. The number of rotatable bonds is 4. The van der Waals surface area contributed by atoms with Gasteiger partial charge in [0.15, 0.2) is 11.5 Å². The van der Waals surface area contributed by atoms with Crippen LogP contribution in [0.4, 0.5) is 5.69 Å². The summed E-state index contributed by atoms with van der Waals surface area (Å²) in [6, 6.07) is 11.5. The Hall–Kier alpha value is -2.66. The van der Waals surface area contributed by atoms with Crippen molar-refractivity contribution in [2.45, 2.75) is 19.3 Å². The lowest BCUT2D eigenvalue weighted by atomic mass is 10.1. The van der Waals surface area contributed by atoms with Crippen molar-refractivity contribution in [3.63, 3.8) is 0 Å². The van der Waals surface area contributed by atoms with Crippen LogP contribution >= 0.6 is 11.6 Å². The number of aromatic nitrogens is 1. The summed E-state index contributed by atoms with van der Waals surface area (Å²) in [4.78, 5) is 15.6. The van der Waals surface area contributed by atoms with Gasteiger partial charge in [-0.3, -0.25) is 4.79 Å². The number of H-pyrrole nitrogens is 1. The molecule has 0 saturated heterocycles. The van der Waals surface area contributed by atoms with Crippen LogP contribution in [0.5, 0.6) is 11.5 Å². The lowest BCUT2D eigenvalue weighted by molar-refractivity contribution is -0.116. The van der Waals surface area contributed by atoms with Crippen molar-refractivity contribution in [1.29, 1.82) is 0 Å². The zero-order valence-electron chi connectivity index (χ0n) is 14.2. The van der Waals surface area contributed by atoms with Gasteiger partial charge in [0, 0.05) is 42.1 Å². The first-order valence-electron chi connectivity index (χ1n) is 8.65. The van der Waals surface area contributed by atoms with Gasteiger partial charge in [-0.2, -0.15) is 0 Å². The van der Waals surface area contributed by atoms with E-state index in [0.29, 0.717) is 48.3 Å². The number of ether oxygens (including phenoxy) is 2. The summed E-state index contributed by atoms with van der Waals surface area (Å²) in [7, 11) is 0. The fraction of sp³-hybridized carbons (Fsp3) is 0.250. The molecule has 26 heavy (non-hydrogen) atoms. The van der Waals surface area contributed by atoms with Gasteiger partial charge in [0.2, 0.25) is 5.91 Å². The number of anilines is 1. The molecule has 0 fully saturated rings. The molecule has 5 nitrogen and oxygen atoms in total. The first-order chi connectivity index (χ1) is 12.7. The van der Waals surface area contributed by atoms with Crippen LogP contribution in [0, 0.1) is 0 Å². The molecule has 6 heteroatoms. The van der Waals surface area contributed by atoms with Crippen LogP contribution < -0.4 is 14.8 Å². The highest BCUT2D eigenvalue weighted by atomic mass is 35.5. The Balaban J connectivity index is 1.44. The third-order valence-electron chi connectivity index (χ3n) is 4.41. The van der Waals surface area contributed by atoms with Crippen molar-refractivity contribution in [2.24, 2.45) is 0 Å². The number of halogens is 1. The van der Waals surface area contributed by atoms with Gasteiger partial charge in [0.05, 0.1) is 23.9 Å². The summed E-state index contributed by atoms with van der Waals surface area (Å²) >= 11 is 6.28. The molecule has 0 unspecified atom stereocenters. The lowest BCUT2D eigenvalue weighted by Crippen LogP contribution is -2.12. The highest BCUT2D eigenvalue weighted by Crippen LogP contribution is 2.37. The second kappa shape index (κ2) is 7.30. The van der Waals surface area contributed by atoms with Crippen molar-refractivity contribution in [3.05, 3.63) is 53.2 Å². The van der Waals surface area contributed by atoms with Crippen LogP contribution in [-0.2, 0) is 11.2 Å². The Morgan fingerprint density at radius 2 is 1.92 bits per heavy atom. The predicted molar refractivity (Wildman–Crippen MR) is 102 cm³/mol. The number of aromatic amines is 1. The molecule has 3 aromatic rings. The number of hydrogen-bond donors (Lipinski definition) is 2. The molecule has 1 amide bonds. The number of amides is 1. The number of carbonyl (C=O) groups is 1. The highest BCUT2D eigenvalue weighted by Gasteiger charge is 2.16. The largest absolute Gasteiger partial charge is 0.490 e. The average Bonchev–Trinajstić information content (AvgIpc) is 2.92. The van der Waals surface area contributed by atoms with Crippen molar-refractivity contribution < 1.29 is 14.3 Å². The van der Waals surface area contributed by atoms with E-state index in [4.69, 9.17) is 21.1 Å². The normalized spacial score (nSPS) is 13.4. The molecule has 2 heterocycles. The molecule has 1 aliphatic rings. The average molecular weight is 371 g/mol. The van der Waals surface area contributed by atoms with Crippen LogP contribution in [0.1, 0.15) is 18.4 Å². The molecular weight excluding hydrogens is 352 g/mol. The first kappa shape index (κ1) is 16.8. The summed E-state index contributed by atoms with van der Waals surface area (Å²) in [6.45, 7) is 1.18. The number of carbonyl (C=O) groups excluding carboxylic acids is 1. The Bertz CT molecular complexity index is 951. The fourth-order valence-electron chi connectivity index (χ4n) is 3.08. The molecule has 0 radical (unpaired) electrons. The molecule has 1 aromatic heterocycles. The number of nitrogens with one attached hydrogen (secondary N) is 2. The van der Waals surface area contributed by atoms with Gasteiger partial charge in [-0.1, -0.05) is 29.8 Å². The molecule has 0 atom stereocenters. The summed E-state index contributed by atoms with van der Waals surface area (Å²) in [5.41, 5.74) is 2.74. The van der Waals surface area contributed by atoms with Gasteiger partial charge in [-0.15, -0.1) is 0 Å². The van der Waals surface area contributed by atoms with E-state index in [2.05, 4.69) is 16.4 Å². The fourth-order valence-corrected chi connectivity index (χ4v) is 3.28. The van der Waals surface area contributed by atoms with Crippen LogP contribution in [0.2, 0.25) is 5.02 Å². The maximum absolute atomic E-state index is 12.4. The minimum Gasteiger partial charge on any atom is -0.490 e. The van der Waals surface area contributed by atoms with E-state index in [1.165, 1.54) is 0 Å². The van der Waals surface area contributed by atoms with E-state index < -0.39 is 0 Å². The summed E-state index contributed by atoms with van der Waals surface area (Å²) < 4.78 is 11.3. The third-order valence-corrected chi connectivity index (χ3v) is 4.72. The summed E-state index contributed by atoms with van der Waals surface area (Å²) in [6.07, 6.45) is 3.79. The van der Waals surface area contributed by atoms with E-state index in [-0.39, 0.29) is 5.91 Å². The molecular formula is C20H19ClN2O3. The summed E-state index contributed by atoms with van der Waals surface area (Å²) in [5.74, 6) is 1.13. The standard InChI is InChI=1S/C20H19ClN2O3/c21-15-10-18-19(26-9-3-8-25-18)11-17(15)23-20(24)7-6-13-12-22-16-5-2-1-4-14(13)16/h1-2,4-5,10-12,22H,3,6-9H2,(H,23,24). The van der Waals surface area contributed by atoms with Gasteiger partial charge in [-0.25, -0.2) is 0 Å². The predicted octanol–water partition coefficient (Wildman–Crippen LogP) is 4.55. The number of fused-ring (bicyclic) bond motifs is 2.